The van der Waals surface area contributed by atoms with Crippen molar-refractivity contribution >= 4 is 29.1 Å². The molecule has 2 aromatic carbocycles. The number of carbonyl (C=O) groups is 1. The van der Waals surface area contributed by atoms with E-state index in [1.807, 2.05) is 24.3 Å². The first-order valence-electron chi connectivity index (χ1n) is 8.16. The van der Waals surface area contributed by atoms with Crippen molar-refractivity contribution in [1.82, 2.24) is 0 Å². The first-order chi connectivity index (χ1) is 11.6. The number of halogens is 2. The van der Waals surface area contributed by atoms with Crippen LogP contribution in [0.25, 0.3) is 6.08 Å². The van der Waals surface area contributed by atoms with Crippen molar-refractivity contribution in [3.8, 4) is 0 Å². The van der Waals surface area contributed by atoms with Crippen LogP contribution in [0.5, 0.6) is 0 Å². The van der Waals surface area contributed by atoms with Gasteiger partial charge in [-0.15, -0.1) is 0 Å². The van der Waals surface area contributed by atoms with E-state index in [-0.39, 0.29) is 11.3 Å². The van der Waals surface area contributed by atoms with Gasteiger partial charge in [-0.25, -0.2) is 4.39 Å². The molecule has 1 aliphatic heterocycles. The summed E-state index contributed by atoms with van der Waals surface area (Å²) in [4.78, 5) is 14.6. The third-order valence-corrected chi connectivity index (χ3v) is 4.60. The lowest BCUT2D eigenvalue weighted by Crippen LogP contribution is -2.29. The minimum Gasteiger partial charge on any atom is -0.372 e. The van der Waals surface area contributed by atoms with Crippen LogP contribution < -0.4 is 4.90 Å². The molecule has 24 heavy (non-hydrogen) atoms. The second-order valence-electron chi connectivity index (χ2n) is 5.93. The summed E-state index contributed by atoms with van der Waals surface area (Å²) in [7, 11) is 0. The van der Waals surface area contributed by atoms with E-state index < -0.39 is 5.82 Å². The Balaban J connectivity index is 1.72. The van der Waals surface area contributed by atoms with Gasteiger partial charge in [-0.1, -0.05) is 17.7 Å². The molecule has 0 aliphatic carbocycles. The van der Waals surface area contributed by atoms with E-state index in [2.05, 4.69) is 4.90 Å². The predicted octanol–water partition coefficient (Wildman–Crippen LogP) is 5.37. The van der Waals surface area contributed by atoms with E-state index in [0.717, 1.165) is 18.8 Å². The monoisotopic (exact) mass is 343 g/mol. The fraction of sp³-hybridized carbons (Fsp3) is 0.250. The highest BCUT2D eigenvalue weighted by Crippen LogP contribution is 2.22. The summed E-state index contributed by atoms with van der Waals surface area (Å²) < 4.78 is 13.7. The Bertz CT molecular complexity index is 728. The maximum atomic E-state index is 13.7. The van der Waals surface area contributed by atoms with E-state index in [1.165, 1.54) is 43.5 Å². The van der Waals surface area contributed by atoms with Gasteiger partial charge < -0.3 is 4.90 Å². The first kappa shape index (κ1) is 16.7. The fourth-order valence-corrected chi connectivity index (χ4v) is 3.14. The van der Waals surface area contributed by atoms with E-state index in [9.17, 15) is 9.18 Å². The first-order valence-corrected chi connectivity index (χ1v) is 8.54. The molecule has 0 radical (unpaired) electrons. The Morgan fingerprint density at radius 2 is 1.75 bits per heavy atom. The van der Waals surface area contributed by atoms with Crippen LogP contribution >= 0.6 is 11.6 Å². The van der Waals surface area contributed by atoms with Gasteiger partial charge in [-0.05, 0) is 67.8 Å². The molecule has 4 heteroatoms. The molecule has 0 bridgehead atoms. The Morgan fingerprint density at radius 1 is 1.04 bits per heavy atom. The number of nitrogens with zero attached hydrogens (tertiary/aromatic N) is 1. The Kier molecular flexibility index (Phi) is 5.31. The number of carbonyl (C=O) groups excluding carboxylic acids is 1. The SMILES string of the molecule is O=C(/C=C/c1c(F)cccc1Cl)c1ccc(N2CCCCC2)cc1. The quantitative estimate of drug-likeness (QED) is 0.549. The molecule has 1 aliphatic rings. The van der Waals surface area contributed by atoms with Crippen LogP contribution in [0.3, 0.4) is 0 Å². The number of rotatable bonds is 4. The highest BCUT2D eigenvalue weighted by atomic mass is 35.5. The molecule has 0 N–H and O–H groups in total. The zero-order valence-corrected chi connectivity index (χ0v) is 14.1. The summed E-state index contributed by atoms with van der Waals surface area (Å²) in [5, 5.41) is 0.291. The van der Waals surface area contributed by atoms with Crippen LogP contribution in [0.1, 0.15) is 35.2 Å². The number of ketones is 1. The molecule has 0 aromatic heterocycles. The largest absolute Gasteiger partial charge is 0.372 e. The molecule has 3 rings (SSSR count). The Hall–Kier alpha value is -2.13. The van der Waals surface area contributed by atoms with Gasteiger partial charge in [0.25, 0.3) is 0 Å². The molecule has 0 spiro atoms. The smallest absolute Gasteiger partial charge is 0.185 e. The Labute approximate surface area is 146 Å². The lowest BCUT2D eigenvalue weighted by atomic mass is 10.1. The maximum absolute atomic E-state index is 13.7. The standard InChI is InChI=1S/C20H19ClFNO/c21-18-5-4-6-19(22)17(18)11-12-20(24)15-7-9-16(10-8-15)23-13-2-1-3-14-23/h4-12H,1-3,13-14H2/b12-11+. The van der Waals surface area contributed by atoms with Gasteiger partial charge in [0.15, 0.2) is 5.78 Å². The molecular weight excluding hydrogens is 325 g/mol. The molecule has 2 nitrogen and oxygen atoms in total. The summed E-state index contributed by atoms with van der Waals surface area (Å²) in [5.74, 6) is -0.605. The summed E-state index contributed by atoms with van der Waals surface area (Å²) in [6.07, 6.45) is 6.51. The van der Waals surface area contributed by atoms with Crippen molar-refractivity contribution in [3.63, 3.8) is 0 Å². The highest BCUT2D eigenvalue weighted by Gasteiger charge is 2.11. The van der Waals surface area contributed by atoms with E-state index in [1.54, 1.807) is 6.07 Å². The zero-order valence-electron chi connectivity index (χ0n) is 13.3. The summed E-state index contributed by atoms with van der Waals surface area (Å²) in [5.41, 5.74) is 1.96. The average Bonchev–Trinajstić information content (AvgIpc) is 2.62. The van der Waals surface area contributed by atoms with Crippen LogP contribution in [0.4, 0.5) is 10.1 Å². The molecule has 0 saturated carbocycles. The maximum Gasteiger partial charge on any atom is 0.185 e. The van der Waals surface area contributed by atoms with Gasteiger partial charge >= 0.3 is 0 Å². The van der Waals surface area contributed by atoms with Crippen LogP contribution in [-0.4, -0.2) is 18.9 Å². The lowest BCUT2D eigenvalue weighted by molar-refractivity contribution is 0.104. The van der Waals surface area contributed by atoms with Crippen molar-refractivity contribution in [3.05, 3.63) is 70.5 Å². The van der Waals surface area contributed by atoms with Crippen LogP contribution in [-0.2, 0) is 0 Å². The van der Waals surface area contributed by atoms with Crippen molar-refractivity contribution in [1.29, 1.82) is 0 Å². The second-order valence-corrected chi connectivity index (χ2v) is 6.33. The summed E-state index contributed by atoms with van der Waals surface area (Å²) in [6, 6.07) is 12.0. The molecule has 2 aromatic rings. The molecular formula is C20H19ClFNO. The zero-order chi connectivity index (χ0) is 16.9. The summed E-state index contributed by atoms with van der Waals surface area (Å²) in [6.45, 7) is 2.14. The van der Waals surface area contributed by atoms with Crippen molar-refractivity contribution < 1.29 is 9.18 Å². The van der Waals surface area contributed by atoms with Crippen LogP contribution in [0.2, 0.25) is 5.02 Å². The second kappa shape index (κ2) is 7.63. The molecule has 1 saturated heterocycles. The van der Waals surface area contributed by atoms with Gasteiger partial charge in [0.2, 0.25) is 0 Å². The van der Waals surface area contributed by atoms with Crippen molar-refractivity contribution in [2.24, 2.45) is 0 Å². The predicted molar refractivity (Wildman–Crippen MR) is 97.3 cm³/mol. The van der Waals surface area contributed by atoms with Gasteiger partial charge in [0, 0.05) is 29.9 Å². The topological polar surface area (TPSA) is 20.3 Å². The number of hydrogen-bond acceptors (Lipinski definition) is 2. The highest BCUT2D eigenvalue weighted by molar-refractivity contribution is 6.32. The van der Waals surface area contributed by atoms with Crippen molar-refractivity contribution in [2.75, 3.05) is 18.0 Å². The van der Waals surface area contributed by atoms with Crippen LogP contribution in [0.15, 0.2) is 48.5 Å². The van der Waals surface area contributed by atoms with Gasteiger partial charge in [0.1, 0.15) is 5.82 Å². The number of benzene rings is 2. The number of piperidine rings is 1. The molecule has 124 valence electrons. The minimum absolute atomic E-state index is 0.167. The molecule has 0 amide bonds. The van der Waals surface area contributed by atoms with E-state index >= 15 is 0 Å². The number of allylic oxidation sites excluding steroid dienone is 1. The van der Waals surface area contributed by atoms with Gasteiger partial charge in [0.05, 0.1) is 5.02 Å². The van der Waals surface area contributed by atoms with Crippen molar-refractivity contribution in [2.45, 2.75) is 19.3 Å². The van der Waals surface area contributed by atoms with Crippen LogP contribution in [0, 0.1) is 5.82 Å². The third-order valence-electron chi connectivity index (χ3n) is 4.27. The molecule has 1 fully saturated rings. The molecule has 1 heterocycles. The third kappa shape index (κ3) is 3.85. The molecule has 0 atom stereocenters. The number of hydrogen-bond donors (Lipinski definition) is 0. The van der Waals surface area contributed by atoms with E-state index in [4.69, 9.17) is 11.6 Å². The minimum atomic E-state index is -0.438. The normalized spacial score (nSPS) is 15.0. The summed E-state index contributed by atoms with van der Waals surface area (Å²) >= 11 is 5.96. The lowest BCUT2D eigenvalue weighted by Gasteiger charge is -2.28. The number of anilines is 1. The van der Waals surface area contributed by atoms with Gasteiger partial charge in [-0.3, -0.25) is 4.79 Å². The molecule has 0 unspecified atom stereocenters. The Morgan fingerprint density at radius 3 is 2.42 bits per heavy atom. The fourth-order valence-electron chi connectivity index (χ4n) is 2.91. The van der Waals surface area contributed by atoms with E-state index in [0.29, 0.717) is 10.6 Å². The van der Waals surface area contributed by atoms with Gasteiger partial charge in [-0.2, -0.15) is 0 Å². The average molecular weight is 344 g/mol.